The zero-order valence-electron chi connectivity index (χ0n) is 11.6. The van der Waals surface area contributed by atoms with Gasteiger partial charge in [0, 0.05) is 13.1 Å². The van der Waals surface area contributed by atoms with Crippen molar-refractivity contribution in [2.24, 2.45) is 11.7 Å². The number of piperidine rings is 1. The number of benzene rings is 1. The molecular formula is C16H21FN2O. The molecule has 1 aromatic carbocycles. The number of hydrogen-bond donors (Lipinski definition) is 1. The first-order chi connectivity index (χ1) is 9.65. The van der Waals surface area contributed by atoms with E-state index in [0.29, 0.717) is 12.5 Å². The van der Waals surface area contributed by atoms with Crippen LogP contribution in [-0.2, 0) is 10.2 Å². The summed E-state index contributed by atoms with van der Waals surface area (Å²) in [6.45, 7) is 2.33. The van der Waals surface area contributed by atoms with E-state index in [4.69, 9.17) is 5.73 Å². The van der Waals surface area contributed by atoms with Gasteiger partial charge in [-0.2, -0.15) is 0 Å². The average molecular weight is 276 g/mol. The van der Waals surface area contributed by atoms with Crippen LogP contribution in [0.4, 0.5) is 4.39 Å². The van der Waals surface area contributed by atoms with Gasteiger partial charge >= 0.3 is 0 Å². The highest BCUT2D eigenvalue weighted by atomic mass is 19.1. The molecule has 1 aromatic rings. The van der Waals surface area contributed by atoms with Crippen LogP contribution in [0, 0.1) is 11.7 Å². The molecule has 0 bridgehead atoms. The topological polar surface area (TPSA) is 46.3 Å². The first-order valence-corrected chi connectivity index (χ1v) is 7.41. The van der Waals surface area contributed by atoms with Crippen molar-refractivity contribution < 1.29 is 9.18 Å². The molecule has 0 unspecified atom stereocenters. The van der Waals surface area contributed by atoms with Gasteiger partial charge in [-0.15, -0.1) is 0 Å². The number of nitrogens with zero attached hydrogens (tertiary/aromatic N) is 1. The van der Waals surface area contributed by atoms with Crippen LogP contribution >= 0.6 is 0 Å². The molecule has 0 atom stereocenters. The summed E-state index contributed by atoms with van der Waals surface area (Å²) in [7, 11) is 0. The van der Waals surface area contributed by atoms with E-state index < -0.39 is 0 Å². The number of nitrogens with two attached hydrogens (primary N) is 1. The van der Waals surface area contributed by atoms with Gasteiger partial charge in [-0.05, 0) is 55.8 Å². The minimum atomic E-state index is -0.372. The molecule has 108 valence electrons. The standard InChI is InChI=1S/C16H21FN2O/c17-14-3-1-13(2-4-14)16(7-8-16)15(20)19-9-5-12(11-18)6-10-19/h1-4,12H,5-11,18H2. The molecule has 1 heterocycles. The summed E-state index contributed by atoms with van der Waals surface area (Å²) in [6, 6.07) is 6.41. The van der Waals surface area contributed by atoms with Crippen LogP contribution in [0.1, 0.15) is 31.2 Å². The molecule has 1 aliphatic heterocycles. The second-order valence-corrected chi connectivity index (χ2v) is 6.06. The zero-order chi connectivity index (χ0) is 14.2. The fourth-order valence-electron chi connectivity index (χ4n) is 3.19. The molecule has 2 aliphatic rings. The van der Waals surface area contributed by atoms with Gasteiger partial charge in [-0.3, -0.25) is 4.79 Å². The lowest BCUT2D eigenvalue weighted by molar-refractivity contribution is -0.135. The van der Waals surface area contributed by atoms with Gasteiger partial charge in [0.25, 0.3) is 0 Å². The van der Waals surface area contributed by atoms with Crippen LogP contribution in [0.2, 0.25) is 0 Å². The summed E-state index contributed by atoms with van der Waals surface area (Å²) in [4.78, 5) is 14.7. The summed E-state index contributed by atoms with van der Waals surface area (Å²) in [6.07, 6.45) is 3.77. The van der Waals surface area contributed by atoms with E-state index in [2.05, 4.69) is 0 Å². The molecule has 1 aliphatic carbocycles. The largest absolute Gasteiger partial charge is 0.342 e. The lowest BCUT2D eigenvalue weighted by Crippen LogP contribution is -2.45. The quantitative estimate of drug-likeness (QED) is 0.918. The number of carbonyl (C=O) groups is 1. The predicted octanol–water partition coefficient (Wildman–Crippen LogP) is 2.05. The fourth-order valence-corrected chi connectivity index (χ4v) is 3.19. The number of rotatable bonds is 3. The van der Waals surface area contributed by atoms with Crippen molar-refractivity contribution in [1.29, 1.82) is 0 Å². The first-order valence-electron chi connectivity index (χ1n) is 7.41. The normalized spacial score (nSPS) is 21.8. The van der Waals surface area contributed by atoms with Crippen LogP contribution in [0.25, 0.3) is 0 Å². The number of hydrogen-bond acceptors (Lipinski definition) is 2. The fraction of sp³-hybridized carbons (Fsp3) is 0.562. The maximum Gasteiger partial charge on any atom is 0.233 e. The minimum absolute atomic E-state index is 0.222. The number of halogens is 1. The van der Waals surface area contributed by atoms with E-state index in [1.165, 1.54) is 12.1 Å². The molecule has 2 N–H and O–H groups in total. The Kier molecular flexibility index (Phi) is 3.50. The van der Waals surface area contributed by atoms with Crippen LogP contribution in [-0.4, -0.2) is 30.4 Å². The van der Waals surface area contributed by atoms with Gasteiger partial charge in [0.1, 0.15) is 5.82 Å². The Morgan fingerprint density at radius 1 is 1.25 bits per heavy atom. The van der Waals surface area contributed by atoms with E-state index in [0.717, 1.165) is 44.3 Å². The van der Waals surface area contributed by atoms with Crippen LogP contribution in [0.3, 0.4) is 0 Å². The van der Waals surface area contributed by atoms with Crippen LogP contribution in [0.5, 0.6) is 0 Å². The lowest BCUT2D eigenvalue weighted by Gasteiger charge is -2.34. The summed E-state index contributed by atoms with van der Waals surface area (Å²) in [5.41, 5.74) is 6.28. The lowest BCUT2D eigenvalue weighted by atomic mass is 9.91. The van der Waals surface area contributed by atoms with E-state index in [1.54, 1.807) is 12.1 Å². The molecule has 20 heavy (non-hydrogen) atoms. The first kappa shape index (κ1) is 13.6. The van der Waals surface area contributed by atoms with E-state index >= 15 is 0 Å². The molecular weight excluding hydrogens is 255 g/mol. The monoisotopic (exact) mass is 276 g/mol. The van der Waals surface area contributed by atoms with Crippen molar-refractivity contribution in [3.05, 3.63) is 35.6 Å². The highest BCUT2D eigenvalue weighted by Crippen LogP contribution is 2.50. The Bertz CT molecular complexity index is 488. The Morgan fingerprint density at radius 3 is 2.35 bits per heavy atom. The van der Waals surface area contributed by atoms with Crippen LogP contribution in [0.15, 0.2) is 24.3 Å². The van der Waals surface area contributed by atoms with Crippen molar-refractivity contribution in [1.82, 2.24) is 4.90 Å². The smallest absolute Gasteiger partial charge is 0.233 e. The van der Waals surface area contributed by atoms with Crippen molar-refractivity contribution in [3.63, 3.8) is 0 Å². The maximum absolute atomic E-state index is 13.0. The Balaban J connectivity index is 1.72. The zero-order valence-corrected chi connectivity index (χ0v) is 11.6. The molecule has 1 saturated carbocycles. The number of carbonyl (C=O) groups excluding carboxylic acids is 1. The molecule has 3 rings (SSSR count). The summed E-state index contributed by atoms with van der Waals surface area (Å²) in [5.74, 6) is 0.528. The van der Waals surface area contributed by atoms with Crippen molar-refractivity contribution in [2.45, 2.75) is 31.1 Å². The van der Waals surface area contributed by atoms with Crippen molar-refractivity contribution >= 4 is 5.91 Å². The van der Waals surface area contributed by atoms with Gasteiger partial charge in [0.05, 0.1) is 5.41 Å². The van der Waals surface area contributed by atoms with Gasteiger partial charge in [0.2, 0.25) is 5.91 Å². The Hall–Kier alpha value is -1.42. The molecule has 0 spiro atoms. The second-order valence-electron chi connectivity index (χ2n) is 6.06. The van der Waals surface area contributed by atoms with Crippen LogP contribution < -0.4 is 5.73 Å². The van der Waals surface area contributed by atoms with E-state index in [1.807, 2.05) is 4.90 Å². The summed E-state index contributed by atoms with van der Waals surface area (Å²) >= 11 is 0. The third kappa shape index (κ3) is 2.33. The SMILES string of the molecule is NCC1CCN(C(=O)C2(c3ccc(F)cc3)CC2)CC1. The van der Waals surface area contributed by atoms with E-state index in [9.17, 15) is 9.18 Å². The predicted molar refractivity (Wildman–Crippen MR) is 75.7 cm³/mol. The number of likely N-dealkylation sites (tertiary alicyclic amines) is 1. The maximum atomic E-state index is 13.0. The molecule has 0 radical (unpaired) electrons. The van der Waals surface area contributed by atoms with Gasteiger partial charge in [0.15, 0.2) is 0 Å². The Morgan fingerprint density at radius 2 is 1.85 bits per heavy atom. The highest BCUT2D eigenvalue weighted by molar-refractivity contribution is 5.91. The van der Waals surface area contributed by atoms with Gasteiger partial charge < -0.3 is 10.6 Å². The molecule has 4 heteroatoms. The van der Waals surface area contributed by atoms with Gasteiger partial charge in [-0.1, -0.05) is 12.1 Å². The molecule has 2 fully saturated rings. The highest BCUT2D eigenvalue weighted by Gasteiger charge is 2.53. The van der Waals surface area contributed by atoms with Crippen molar-refractivity contribution in [2.75, 3.05) is 19.6 Å². The minimum Gasteiger partial charge on any atom is -0.342 e. The molecule has 1 saturated heterocycles. The van der Waals surface area contributed by atoms with E-state index in [-0.39, 0.29) is 17.1 Å². The van der Waals surface area contributed by atoms with Crippen molar-refractivity contribution in [3.8, 4) is 0 Å². The molecule has 1 amide bonds. The summed E-state index contributed by atoms with van der Waals surface area (Å²) in [5, 5.41) is 0. The molecule has 3 nitrogen and oxygen atoms in total. The third-order valence-electron chi connectivity index (χ3n) is 4.79. The Labute approximate surface area is 118 Å². The number of amides is 1. The third-order valence-corrected chi connectivity index (χ3v) is 4.79. The second kappa shape index (κ2) is 5.17. The summed E-state index contributed by atoms with van der Waals surface area (Å²) < 4.78 is 13.0. The average Bonchev–Trinajstić information content (AvgIpc) is 3.29. The van der Waals surface area contributed by atoms with Gasteiger partial charge in [-0.25, -0.2) is 4.39 Å². The molecule has 0 aromatic heterocycles.